The minimum Gasteiger partial charge on any atom is -0.323 e. The molecule has 108 valence electrons. The van der Waals surface area contributed by atoms with Crippen molar-refractivity contribution in [3.8, 4) is 0 Å². The Morgan fingerprint density at radius 1 is 1.00 bits per heavy atom. The number of aryl methyl sites for hydroxylation is 1. The van der Waals surface area contributed by atoms with Gasteiger partial charge >= 0.3 is 0 Å². The monoisotopic (exact) mass is 271 g/mol. The molecule has 3 heteroatoms. The average molecular weight is 271 g/mol. The van der Waals surface area contributed by atoms with E-state index in [1.807, 2.05) is 0 Å². The van der Waals surface area contributed by atoms with Crippen molar-refractivity contribution in [1.29, 1.82) is 0 Å². The van der Waals surface area contributed by atoms with Crippen LogP contribution in [0.25, 0.3) is 0 Å². The van der Waals surface area contributed by atoms with Crippen LogP contribution in [0.2, 0.25) is 0 Å². The third kappa shape index (κ3) is 2.09. The van der Waals surface area contributed by atoms with Gasteiger partial charge in [-0.3, -0.25) is 9.80 Å². The summed E-state index contributed by atoms with van der Waals surface area (Å²) in [6.07, 6.45) is 5.19. The highest BCUT2D eigenvalue weighted by molar-refractivity contribution is 5.33. The van der Waals surface area contributed by atoms with Gasteiger partial charge in [0.15, 0.2) is 0 Å². The molecular weight excluding hydrogens is 246 g/mol. The molecule has 2 saturated heterocycles. The second-order valence-corrected chi connectivity index (χ2v) is 6.66. The second-order valence-electron chi connectivity index (χ2n) is 6.66. The molecule has 3 nitrogen and oxygen atoms in total. The van der Waals surface area contributed by atoms with Crippen molar-refractivity contribution in [3.05, 3.63) is 35.4 Å². The summed E-state index contributed by atoms with van der Waals surface area (Å²) < 4.78 is 0. The normalized spacial score (nSPS) is 34.8. The SMILES string of the molecule is NC1c2ccccc2CCC1N1CCN2CCCC2C1. The molecule has 3 atom stereocenters. The summed E-state index contributed by atoms with van der Waals surface area (Å²) in [7, 11) is 0. The van der Waals surface area contributed by atoms with Crippen LogP contribution >= 0.6 is 0 Å². The van der Waals surface area contributed by atoms with Crippen molar-refractivity contribution in [2.75, 3.05) is 26.2 Å². The third-order valence-electron chi connectivity index (χ3n) is 5.63. The summed E-state index contributed by atoms with van der Waals surface area (Å²) in [5.41, 5.74) is 9.46. The molecule has 0 aromatic heterocycles. The molecule has 20 heavy (non-hydrogen) atoms. The Kier molecular flexibility index (Phi) is 3.29. The van der Waals surface area contributed by atoms with Gasteiger partial charge in [-0.05, 0) is 43.4 Å². The van der Waals surface area contributed by atoms with Gasteiger partial charge in [0, 0.05) is 37.8 Å². The molecule has 1 aromatic rings. The Balaban J connectivity index is 1.52. The molecule has 0 amide bonds. The molecule has 2 N–H and O–H groups in total. The minimum atomic E-state index is 0.202. The van der Waals surface area contributed by atoms with Crippen LogP contribution in [0.5, 0.6) is 0 Å². The van der Waals surface area contributed by atoms with Crippen molar-refractivity contribution in [3.63, 3.8) is 0 Å². The van der Waals surface area contributed by atoms with E-state index in [2.05, 4.69) is 34.1 Å². The second kappa shape index (κ2) is 5.14. The number of nitrogens with two attached hydrogens (primary N) is 1. The van der Waals surface area contributed by atoms with Gasteiger partial charge in [0.25, 0.3) is 0 Å². The summed E-state index contributed by atoms with van der Waals surface area (Å²) in [4.78, 5) is 5.37. The Labute approximate surface area is 121 Å². The van der Waals surface area contributed by atoms with E-state index in [1.165, 1.54) is 63.0 Å². The van der Waals surface area contributed by atoms with Crippen LogP contribution in [0, 0.1) is 0 Å². The van der Waals surface area contributed by atoms with E-state index in [1.54, 1.807) is 0 Å². The number of benzene rings is 1. The third-order valence-corrected chi connectivity index (χ3v) is 5.63. The first-order valence-electron chi connectivity index (χ1n) is 8.14. The molecule has 3 aliphatic rings. The van der Waals surface area contributed by atoms with Crippen molar-refractivity contribution >= 4 is 0 Å². The van der Waals surface area contributed by atoms with E-state index in [0.29, 0.717) is 6.04 Å². The van der Waals surface area contributed by atoms with Crippen molar-refractivity contribution < 1.29 is 0 Å². The number of rotatable bonds is 1. The summed E-state index contributed by atoms with van der Waals surface area (Å²) in [6, 6.07) is 10.3. The zero-order chi connectivity index (χ0) is 13.5. The molecule has 2 aliphatic heterocycles. The van der Waals surface area contributed by atoms with Gasteiger partial charge in [-0.15, -0.1) is 0 Å². The van der Waals surface area contributed by atoms with Gasteiger partial charge in [0.05, 0.1) is 0 Å². The number of fused-ring (bicyclic) bond motifs is 2. The largest absolute Gasteiger partial charge is 0.323 e. The summed E-state index contributed by atoms with van der Waals surface area (Å²) in [5, 5.41) is 0. The summed E-state index contributed by atoms with van der Waals surface area (Å²) in [5.74, 6) is 0. The molecular formula is C17H25N3. The lowest BCUT2D eigenvalue weighted by atomic mass is 9.83. The van der Waals surface area contributed by atoms with Gasteiger partial charge < -0.3 is 5.73 Å². The van der Waals surface area contributed by atoms with E-state index < -0.39 is 0 Å². The predicted octanol–water partition coefficient (Wildman–Crippen LogP) is 1.78. The fourth-order valence-electron chi connectivity index (χ4n) is 4.50. The zero-order valence-electron chi connectivity index (χ0n) is 12.2. The van der Waals surface area contributed by atoms with Gasteiger partial charge in [0.2, 0.25) is 0 Å². The highest BCUT2D eigenvalue weighted by Gasteiger charge is 2.37. The fraction of sp³-hybridized carbons (Fsp3) is 0.647. The van der Waals surface area contributed by atoms with Crippen LogP contribution < -0.4 is 5.73 Å². The lowest BCUT2D eigenvalue weighted by molar-refractivity contribution is 0.0558. The van der Waals surface area contributed by atoms with E-state index in [-0.39, 0.29) is 6.04 Å². The Morgan fingerprint density at radius 3 is 2.80 bits per heavy atom. The first-order valence-corrected chi connectivity index (χ1v) is 8.14. The van der Waals surface area contributed by atoms with Crippen molar-refractivity contribution in [2.45, 2.75) is 43.8 Å². The Bertz CT molecular complexity index is 487. The Morgan fingerprint density at radius 2 is 1.85 bits per heavy atom. The van der Waals surface area contributed by atoms with Gasteiger partial charge in [-0.2, -0.15) is 0 Å². The van der Waals surface area contributed by atoms with Crippen LogP contribution in [0.15, 0.2) is 24.3 Å². The number of hydrogen-bond acceptors (Lipinski definition) is 3. The molecule has 0 spiro atoms. The highest BCUT2D eigenvalue weighted by atomic mass is 15.3. The average Bonchev–Trinajstić information content (AvgIpc) is 2.95. The maximum absolute atomic E-state index is 6.60. The number of hydrogen-bond donors (Lipinski definition) is 1. The molecule has 0 saturated carbocycles. The fourth-order valence-corrected chi connectivity index (χ4v) is 4.50. The van der Waals surface area contributed by atoms with E-state index in [0.717, 1.165) is 6.04 Å². The van der Waals surface area contributed by atoms with Crippen molar-refractivity contribution in [1.82, 2.24) is 9.80 Å². The first-order chi connectivity index (χ1) is 9.83. The zero-order valence-corrected chi connectivity index (χ0v) is 12.2. The van der Waals surface area contributed by atoms with Gasteiger partial charge in [-0.1, -0.05) is 24.3 Å². The maximum Gasteiger partial charge on any atom is 0.0455 e. The summed E-state index contributed by atoms with van der Waals surface area (Å²) in [6.45, 7) is 5.01. The van der Waals surface area contributed by atoms with Crippen LogP contribution in [0.3, 0.4) is 0 Å². The van der Waals surface area contributed by atoms with Crippen LogP contribution in [0.4, 0.5) is 0 Å². The first kappa shape index (κ1) is 12.8. The molecule has 0 bridgehead atoms. The molecule has 1 aromatic carbocycles. The van der Waals surface area contributed by atoms with Gasteiger partial charge in [-0.25, -0.2) is 0 Å². The van der Waals surface area contributed by atoms with E-state index in [9.17, 15) is 0 Å². The molecule has 1 aliphatic carbocycles. The van der Waals surface area contributed by atoms with E-state index >= 15 is 0 Å². The minimum absolute atomic E-state index is 0.202. The topological polar surface area (TPSA) is 32.5 Å². The number of nitrogens with zero attached hydrogens (tertiary/aromatic N) is 2. The lowest BCUT2D eigenvalue weighted by Gasteiger charge is -2.45. The summed E-state index contributed by atoms with van der Waals surface area (Å²) >= 11 is 0. The van der Waals surface area contributed by atoms with Gasteiger partial charge in [0.1, 0.15) is 0 Å². The Hall–Kier alpha value is -0.900. The molecule has 2 heterocycles. The quantitative estimate of drug-likeness (QED) is 0.845. The van der Waals surface area contributed by atoms with Crippen LogP contribution in [-0.2, 0) is 6.42 Å². The molecule has 4 rings (SSSR count). The van der Waals surface area contributed by atoms with Crippen molar-refractivity contribution in [2.24, 2.45) is 5.73 Å². The van der Waals surface area contributed by atoms with Crippen LogP contribution in [-0.4, -0.2) is 48.1 Å². The molecule has 3 unspecified atom stereocenters. The molecule has 2 fully saturated rings. The lowest BCUT2D eigenvalue weighted by Crippen LogP contribution is -2.56. The maximum atomic E-state index is 6.60. The number of piperazine rings is 1. The highest BCUT2D eigenvalue weighted by Crippen LogP contribution is 2.33. The smallest absolute Gasteiger partial charge is 0.0455 e. The predicted molar refractivity (Wildman–Crippen MR) is 81.6 cm³/mol. The van der Waals surface area contributed by atoms with Crippen LogP contribution in [0.1, 0.15) is 36.4 Å². The standard InChI is InChI=1S/C17H25N3/c18-17-15-6-2-1-4-13(15)7-8-16(17)20-11-10-19-9-3-5-14(19)12-20/h1-2,4,6,14,16-17H,3,5,7-12,18H2. The van der Waals surface area contributed by atoms with E-state index in [4.69, 9.17) is 5.73 Å². The molecule has 0 radical (unpaired) electrons.